The second-order valence-electron chi connectivity index (χ2n) is 4.45. The standard InChI is InChI=1S/C13H24N2O3/c1-10(2)13(17)14-8-6-5-7-12(16)15-9-18-11(3)4/h11H,1,5-9H2,2-4H3,(H,14,17)(H,15,16). The van der Waals surface area contributed by atoms with Crippen LogP contribution in [-0.4, -0.2) is 31.2 Å². The SMILES string of the molecule is C=C(C)C(=O)NCCCCC(=O)NCOC(C)C. The maximum atomic E-state index is 11.3. The molecular weight excluding hydrogens is 232 g/mol. The minimum absolute atomic E-state index is 0.0260. The molecule has 2 amide bonds. The lowest BCUT2D eigenvalue weighted by Crippen LogP contribution is -2.28. The number of carbonyl (C=O) groups excluding carboxylic acids is 2. The van der Waals surface area contributed by atoms with E-state index >= 15 is 0 Å². The lowest BCUT2D eigenvalue weighted by atomic mass is 10.2. The maximum Gasteiger partial charge on any atom is 0.246 e. The largest absolute Gasteiger partial charge is 0.359 e. The molecule has 104 valence electrons. The molecule has 5 nitrogen and oxygen atoms in total. The van der Waals surface area contributed by atoms with Crippen molar-refractivity contribution >= 4 is 11.8 Å². The number of unbranched alkanes of at least 4 members (excludes halogenated alkanes) is 1. The Morgan fingerprint density at radius 1 is 1.22 bits per heavy atom. The predicted molar refractivity (Wildman–Crippen MR) is 70.9 cm³/mol. The van der Waals surface area contributed by atoms with Crippen LogP contribution in [0.25, 0.3) is 0 Å². The van der Waals surface area contributed by atoms with Crippen LogP contribution in [0, 0.1) is 0 Å². The number of nitrogens with one attached hydrogen (secondary N) is 2. The molecule has 0 aromatic carbocycles. The summed E-state index contributed by atoms with van der Waals surface area (Å²) in [5.74, 6) is -0.160. The summed E-state index contributed by atoms with van der Waals surface area (Å²) in [5, 5.41) is 5.39. The Labute approximate surface area is 109 Å². The van der Waals surface area contributed by atoms with Crippen molar-refractivity contribution in [2.24, 2.45) is 0 Å². The van der Waals surface area contributed by atoms with Gasteiger partial charge in [0.15, 0.2) is 0 Å². The Morgan fingerprint density at radius 2 is 1.89 bits per heavy atom. The number of ether oxygens (including phenoxy) is 1. The number of hydrogen-bond donors (Lipinski definition) is 2. The first-order valence-electron chi connectivity index (χ1n) is 6.25. The van der Waals surface area contributed by atoms with E-state index in [9.17, 15) is 9.59 Å². The van der Waals surface area contributed by atoms with Crippen molar-refractivity contribution in [1.82, 2.24) is 10.6 Å². The molecule has 0 bridgehead atoms. The summed E-state index contributed by atoms with van der Waals surface area (Å²) in [7, 11) is 0. The van der Waals surface area contributed by atoms with E-state index in [0.29, 0.717) is 18.5 Å². The van der Waals surface area contributed by atoms with E-state index in [1.165, 1.54) is 0 Å². The average Bonchev–Trinajstić information content (AvgIpc) is 2.27. The first kappa shape index (κ1) is 16.6. The molecule has 5 heteroatoms. The van der Waals surface area contributed by atoms with Gasteiger partial charge in [0, 0.05) is 18.5 Å². The lowest BCUT2D eigenvalue weighted by molar-refractivity contribution is -0.123. The molecule has 0 rings (SSSR count). The molecule has 0 unspecified atom stereocenters. The summed E-state index contributed by atoms with van der Waals surface area (Å²) in [6.45, 7) is 9.85. The predicted octanol–water partition coefficient (Wildman–Crippen LogP) is 1.35. The third-order valence-electron chi connectivity index (χ3n) is 2.19. The molecule has 0 aliphatic carbocycles. The van der Waals surface area contributed by atoms with Crippen molar-refractivity contribution in [2.75, 3.05) is 13.3 Å². The number of rotatable bonds is 9. The van der Waals surface area contributed by atoms with E-state index in [1.54, 1.807) is 6.92 Å². The van der Waals surface area contributed by atoms with E-state index < -0.39 is 0 Å². The van der Waals surface area contributed by atoms with Crippen molar-refractivity contribution in [2.45, 2.75) is 46.1 Å². The zero-order valence-corrected chi connectivity index (χ0v) is 11.5. The minimum Gasteiger partial charge on any atom is -0.359 e. The molecule has 18 heavy (non-hydrogen) atoms. The van der Waals surface area contributed by atoms with Gasteiger partial charge in [-0.2, -0.15) is 0 Å². The Kier molecular flexibility index (Phi) is 8.92. The lowest BCUT2D eigenvalue weighted by Gasteiger charge is -2.09. The summed E-state index contributed by atoms with van der Waals surface area (Å²) < 4.78 is 5.20. The molecule has 0 atom stereocenters. The van der Waals surface area contributed by atoms with Gasteiger partial charge in [0.25, 0.3) is 0 Å². The number of carbonyl (C=O) groups is 2. The second-order valence-corrected chi connectivity index (χ2v) is 4.45. The Bertz CT molecular complexity index is 288. The van der Waals surface area contributed by atoms with Gasteiger partial charge in [-0.15, -0.1) is 0 Å². The van der Waals surface area contributed by atoms with Gasteiger partial charge in [0.2, 0.25) is 11.8 Å². The molecule has 0 aliphatic rings. The highest BCUT2D eigenvalue weighted by atomic mass is 16.5. The molecule has 2 N–H and O–H groups in total. The normalized spacial score (nSPS) is 10.2. The van der Waals surface area contributed by atoms with E-state index in [1.807, 2.05) is 13.8 Å². The molecular formula is C13H24N2O3. The van der Waals surface area contributed by atoms with Crippen LogP contribution in [0.15, 0.2) is 12.2 Å². The smallest absolute Gasteiger partial charge is 0.246 e. The van der Waals surface area contributed by atoms with Crippen LogP contribution in [0.4, 0.5) is 0 Å². The summed E-state index contributed by atoms with van der Waals surface area (Å²) in [5.41, 5.74) is 0.499. The Hall–Kier alpha value is -1.36. The molecule has 0 radical (unpaired) electrons. The van der Waals surface area contributed by atoms with Gasteiger partial charge in [-0.25, -0.2) is 0 Å². The van der Waals surface area contributed by atoms with Crippen LogP contribution < -0.4 is 10.6 Å². The molecule has 0 aromatic rings. The van der Waals surface area contributed by atoms with Crippen LogP contribution in [-0.2, 0) is 14.3 Å². The molecule has 0 aliphatic heterocycles. The van der Waals surface area contributed by atoms with Gasteiger partial charge < -0.3 is 15.4 Å². The van der Waals surface area contributed by atoms with E-state index in [4.69, 9.17) is 4.74 Å². The van der Waals surface area contributed by atoms with Crippen molar-refractivity contribution in [1.29, 1.82) is 0 Å². The third-order valence-corrected chi connectivity index (χ3v) is 2.19. The van der Waals surface area contributed by atoms with Crippen LogP contribution in [0.3, 0.4) is 0 Å². The summed E-state index contributed by atoms with van der Waals surface area (Å²) >= 11 is 0. The first-order chi connectivity index (χ1) is 8.43. The van der Waals surface area contributed by atoms with E-state index in [-0.39, 0.29) is 24.6 Å². The van der Waals surface area contributed by atoms with Crippen LogP contribution in [0.1, 0.15) is 40.0 Å². The van der Waals surface area contributed by atoms with Gasteiger partial charge in [-0.1, -0.05) is 6.58 Å². The Morgan fingerprint density at radius 3 is 2.44 bits per heavy atom. The van der Waals surface area contributed by atoms with Gasteiger partial charge in [-0.3, -0.25) is 9.59 Å². The van der Waals surface area contributed by atoms with Crippen LogP contribution >= 0.6 is 0 Å². The van der Waals surface area contributed by atoms with Gasteiger partial charge in [-0.05, 0) is 33.6 Å². The van der Waals surface area contributed by atoms with Gasteiger partial charge >= 0.3 is 0 Å². The van der Waals surface area contributed by atoms with Crippen molar-refractivity contribution < 1.29 is 14.3 Å². The molecule has 0 fully saturated rings. The summed E-state index contributed by atoms with van der Waals surface area (Å²) in [6.07, 6.45) is 2.08. The zero-order chi connectivity index (χ0) is 14.0. The van der Waals surface area contributed by atoms with Crippen molar-refractivity contribution in [3.8, 4) is 0 Å². The first-order valence-corrected chi connectivity index (χ1v) is 6.25. The highest BCUT2D eigenvalue weighted by molar-refractivity contribution is 5.92. The quantitative estimate of drug-likeness (QED) is 0.372. The topological polar surface area (TPSA) is 67.4 Å². The van der Waals surface area contributed by atoms with E-state index in [2.05, 4.69) is 17.2 Å². The highest BCUT2D eigenvalue weighted by Gasteiger charge is 2.02. The fraction of sp³-hybridized carbons (Fsp3) is 0.692. The molecule has 0 spiro atoms. The Balaban J connectivity index is 3.41. The van der Waals surface area contributed by atoms with E-state index in [0.717, 1.165) is 12.8 Å². The molecule has 0 saturated heterocycles. The minimum atomic E-state index is -0.134. The zero-order valence-electron chi connectivity index (χ0n) is 11.5. The maximum absolute atomic E-state index is 11.3. The summed E-state index contributed by atoms with van der Waals surface area (Å²) in [6, 6.07) is 0. The molecule has 0 saturated carbocycles. The summed E-state index contributed by atoms with van der Waals surface area (Å²) in [4.78, 5) is 22.5. The molecule has 0 aromatic heterocycles. The van der Waals surface area contributed by atoms with Crippen LogP contribution in [0.2, 0.25) is 0 Å². The fourth-order valence-corrected chi connectivity index (χ4v) is 1.14. The molecule has 0 heterocycles. The highest BCUT2D eigenvalue weighted by Crippen LogP contribution is 1.95. The van der Waals surface area contributed by atoms with Crippen molar-refractivity contribution in [3.63, 3.8) is 0 Å². The number of hydrogen-bond acceptors (Lipinski definition) is 3. The number of amides is 2. The van der Waals surface area contributed by atoms with Crippen molar-refractivity contribution in [3.05, 3.63) is 12.2 Å². The van der Waals surface area contributed by atoms with Crippen LogP contribution in [0.5, 0.6) is 0 Å². The fourth-order valence-electron chi connectivity index (χ4n) is 1.14. The second kappa shape index (κ2) is 9.65. The van der Waals surface area contributed by atoms with Gasteiger partial charge in [0.1, 0.15) is 6.73 Å². The average molecular weight is 256 g/mol. The monoisotopic (exact) mass is 256 g/mol. The third kappa shape index (κ3) is 9.84. The van der Waals surface area contributed by atoms with Gasteiger partial charge in [0.05, 0.1) is 6.10 Å².